The van der Waals surface area contributed by atoms with E-state index in [9.17, 15) is 14.7 Å². The van der Waals surface area contributed by atoms with Crippen LogP contribution in [0, 0.1) is 5.92 Å². The minimum atomic E-state index is -1.24. The molecule has 1 aliphatic heterocycles. The summed E-state index contributed by atoms with van der Waals surface area (Å²) in [6.07, 6.45) is 1.04. The molecule has 0 bridgehead atoms. The molecule has 4 N–H and O–H groups in total. The lowest BCUT2D eigenvalue weighted by Crippen LogP contribution is -2.33. The summed E-state index contributed by atoms with van der Waals surface area (Å²) >= 11 is 0. The Labute approximate surface area is 122 Å². The summed E-state index contributed by atoms with van der Waals surface area (Å²) in [6.45, 7) is 2.52. The van der Waals surface area contributed by atoms with Crippen molar-refractivity contribution in [1.29, 1.82) is 0 Å². The second-order valence-corrected chi connectivity index (χ2v) is 5.26. The van der Waals surface area contributed by atoms with Crippen LogP contribution in [0.1, 0.15) is 16.8 Å². The van der Waals surface area contributed by atoms with Gasteiger partial charge in [0.1, 0.15) is 5.56 Å². The van der Waals surface area contributed by atoms with Crippen molar-refractivity contribution in [1.82, 2.24) is 10.2 Å². The maximum atomic E-state index is 11.8. The van der Waals surface area contributed by atoms with Gasteiger partial charge in [-0.3, -0.25) is 0 Å². The van der Waals surface area contributed by atoms with Gasteiger partial charge in [-0.1, -0.05) is 6.07 Å². The summed E-state index contributed by atoms with van der Waals surface area (Å²) < 4.78 is 0. The first-order chi connectivity index (χ1) is 9.97. The number of likely N-dealkylation sites (tertiary alicyclic amines) is 1. The Balaban J connectivity index is 1.91. The van der Waals surface area contributed by atoms with E-state index in [2.05, 4.69) is 15.5 Å². The zero-order valence-electron chi connectivity index (χ0n) is 11.8. The van der Waals surface area contributed by atoms with Gasteiger partial charge in [0.2, 0.25) is 0 Å². The smallest absolute Gasteiger partial charge is 0.339 e. The quantitative estimate of drug-likeness (QED) is 0.624. The zero-order chi connectivity index (χ0) is 15.4. The van der Waals surface area contributed by atoms with E-state index in [-0.39, 0.29) is 11.3 Å². The number of nitrogens with one attached hydrogen (secondary N) is 2. The van der Waals surface area contributed by atoms with Crippen molar-refractivity contribution in [3.05, 3.63) is 23.8 Å². The van der Waals surface area contributed by atoms with Gasteiger partial charge in [-0.15, -0.1) is 0 Å². The molecule has 0 aromatic heterocycles. The number of nitrogens with zero attached hydrogens (tertiary/aromatic N) is 1. The number of hydrogen-bond acceptors (Lipinski definition) is 4. The summed E-state index contributed by atoms with van der Waals surface area (Å²) in [7, 11) is 2.04. The number of hydrogen-bond donors (Lipinski definition) is 4. The molecule has 1 aromatic carbocycles. The van der Waals surface area contributed by atoms with E-state index in [1.54, 1.807) is 0 Å². The predicted octanol–water partition coefficient (Wildman–Crippen LogP) is 1.16. The number of amides is 2. The molecule has 2 amide bonds. The first kappa shape index (κ1) is 15.1. The fourth-order valence-corrected chi connectivity index (χ4v) is 2.41. The minimum Gasteiger partial charge on any atom is -0.505 e. The highest BCUT2D eigenvalue weighted by Gasteiger charge is 2.20. The molecule has 21 heavy (non-hydrogen) atoms. The maximum absolute atomic E-state index is 11.8. The summed E-state index contributed by atoms with van der Waals surface area (Å²) in [5.41, 5.74) is -0.166. The van der Waals surface area contributed by atoms with Gasteiger partial charge in [0.15, 0.2) is 5.75 Å². The van der Waals surface area contributed by atoms with E-state index >= 15 is 0 Å². The number of anilines is 1. The number of carboxylic acid groups (broad SMARTS) is 1. The van der Waals surface area contributed by atoms with Gasteiger partial charge in [0.25, 0.3) is 0 Å². The number of phenols is 1. The first-order valence-electron chi connectivity index (χ1n) is 6.76. The Morgan fingerprint density at radius 2 is 2.19 bits per heavy atom. The fraction of sp³-hybridized carbons (Fsp3) is 0.429. The van der Waals surface area contributed by atoms with Crippen LogP contribution in [0.3, 0.4) is 0 Å². The van der Waals surface area contributed by atoms with Crippen molar-refractivity contribution in [2.45, 2.75) is 6.42 Å². The number of carbonyl (C=O) groups excluding carboxylic acids is 1. The Bertz CT molecular complexity index is 547. The highest BCUT2D eigenvalue weighted by molar-refractivity contribution is 5.97. The zero-order valence-corrected chi connectivity index (χ0v) is 11.8. The van der Waals surface area contributed by atoms with Crippen LogP contribution in [0.4, 0.5) is 10.5 Å². The average Bonchev–Trinajstić information content (AvgIpc) is 2.84. The van der Waals surface area contributed by atoms with Crippen LogP contribution in [-0.4, -0.2) is 53.8 Å². The lowest BCUT2D eigenvalue weighted by molar-refractivity contribution is 0.0693. The van der Waals surface area contributed by atoms with Gasteiger partial charge in [0, 0.05) is 13.1 Å². The third kappa shape index (κ3) is 3.85. The van der Waals surface area contributed by atoms with Gasteiger partial charge >= 0.3 is 12.0 Å². The van der Waals surface area contributed by atoms with E-state index < -0.39 is 17.7 Å². The Hall–Kier alpha value is -2.28. The fourth-order valence-electron chi connectivity index (χ4n) is 2.41. The van der Waals surface area contributed by atoms with Crippen molar-refractivity contribution < 1.29 is 19.8 Å². The third-order valence-electron chi connectivity index (χ3n) is 3.55. The average molecular weight is 293 g/mol. The molecule has 0 aliphatic carbocycles. The van der Waals surface area contributed by atoms with Crippen LogP contribution in [-0.2, 0) is 0 Å². The number of aromatic carboxylic acids is 1. The predicted molar refractivity (Wildman–Crippen MR) is 77.7 cm³/mol. The Kier molecular flexibility index (Phi) is 4.64. The molecule has 114 valence electrons. The largest absolute Gasteiger partial charge is 0.505 e. The number of carbonyl (C=O) groups is 2. The molecule has 1 fully saturated rings. The number of aromatic hydroxyl groups is 1. The molecule has 0 radical (unpaired) electrons. The lowest BCUT2D eigenvalue weighted by Gasteiger charge is -2.13. The van der Waals surface area contributed by atoms with Crippen molar-refractivity contribution in [3.63, 3.8) is 0 Å². The molecule has 0 saturated carbocycles. The molecular formula is C14H19N3O4. The first-order valence-corrected chi connectivity index (χ1v) is 6.76. The minimum absolute atomic E-state index is 0.0796. The molecule has 1 saturated heterocycles. The lowest BCUT2D eigenvalue weighted by atomic mass is 10.1. The summed E-state index contributed by atoms with van der Waals surface area (Å²) in [6, 6.07) is 3.73. The molecule has 1 heterocycles. The van der Waals surface area contributed by atoms with Gasteiger partial charge in [-0.25, -0.2) is 9.59 Å². The van der Waals surface area contributed by atoms with Crippen molar-refractivity contribution >= 4 is 17.7 Å². The molecule has 1 aromatic rings. The summed E-state index contributed by atoms with van der Waals surface area (Å²) in [5.74, 6) is -1.27. The number of para-hydroxylation sites is 1. The summed E-state index contributed by atoms with van der Waals surface area (Å²) in [4.78, 5) is 24.9. The molecule has 0 spiro atoms. The van der Waals surface area contributed by atoms with Crippen LogP contribution in [0.25, 0.3) is 0 Å². The molecular weight excluding hydrogens is 274 g/mol. The summed E-state index contributed by atoms with van der Waals surface area (Å²) in [5, 5.41) is 23.9. The number of benzene rings is 1. The van der Waals surface area contributed by atoms with Crippen molar-refractivity contribution in [2.75, 3.05) is 32.0 Å². The highest BCUT2D eigenvalue weighted by atomic mass is 16.4. The molecule has 1 atom stereocenters. The molecule has 1 aliphatic rings. The van der Waals surface area contributed by atoms with Crippen molar-refractivity contribution in [2.24, 2.45) is 5.92 Å². The van der Waals surface area contributed by atoms with Gasteiger partial charge in [-0.05, 0) is 38.1 Å². The van der Waals surface area contributed by atoms with E-state index in [0.29, 0.717) is 12.5 Å². The van der Waals surface area contributed by atoms with Crippen LogP contribution < -0.4 is 10.6 Å². The van der Waals surface area contributed by atoms with Gasteiger partial charge in [0.05, 0.1) is 5.69 Å². The molecule has 2 rings (SSSR count). The number of carboxylic acids is 1. The molecule has 7 nitrogen and oxygen atoms in total. The SMILES string of the molecule is CN1CCC(CNC(=O)Nc2cccc(C(=O)O)c2O)C1. The number of rotatable bonds is 4. The standard InChI is InChI=1S/C14H19N3O4/c1-17-6-5-9(8-17)7-15-14(21)16-11-4-2-3-10(12(11)18)13(19)20/h2-4,9,18H,5-8H2,1H3,(H,19,20)(H2,15,16,21). The second-order valence-electron chi connectivity index (χ2n) is 5.26. The van der Waals surface area contributed by atoms with E-state index in [1.807, 2.05) is 7.05 Å². The normalized spacial score (nSPS) is 18.4. The van der Waals surface area contributed by atoms with Gasteiger partial charge < -0.3 is 25.7 Å². The Morgan fingerprint density at radius 1 is 1.43 bits per heavy atom. The highest BCUT2D eigenvalue weighted by Crippen LogP contribution is 2.27. The van der Waals surface area contributed by atoms with Crippen LogP contribution in [0.2, 0.25) is 0 Å². The molecule has 1 unspecified atom stereocenters. The third-order valence-corrected chi connectivity index (χ3v) is 3.55. The number of urea groups is 1. The molecule has 7 heteroatoms. The van der Waals surface area contributed by atoms with Crippen molar-refractivity contribution in [3.8, 4) is 5.75 Å². The van der Waals surface area contributed by atoms with Gasteiger partial charge in [-0.2, -0.15) is 0 Å². The van der Waals surface area contributed by atoms with Crippen LogP contribution in [0.5, 0.6) is 5.75 Å². The topological polar surface area (TPSA) is 102 Å². The van der Waals surface area contributed by atoms with Crippen LogP contribution in [0.15, 0.2) is 18.2 Å². The monoisotopic (exact) mass is 293 g/mol. The van der Waals surface area contributed by atoms with E-state index in [0.717, 1.165) is 19.5 Å². The Morgan fingerprint density at radius 3 is 2.81 bits per heavy atom. The van der Waals surface area contributed by atoms with E-state index in [1.165, 1.54) is 18.2 Å². The van der Waals surface area contributed by atoms with E-state index in [4.69, 9.17) is 5.11 Å². The van der Waals surface area contributed by atoms with Crippen LogP contribution >= 0.6 is 0 Å². The second kappa shape index (κ2) is 6.45. The maximum Gasteiger partial charge on any atom is 0.339 e.